The maximum Gasteiger partial charge on any atom is 0.0961 e. The van der Waals surface area contributed by atoms with Crippen LogP contribution in [-0.2, 0) is 6.54 Å². The molecular weight excluding hydrogens is 278 g/mol. The van der Waals surface area contributed by atoms with E-state index in [9.17, 15) is 0 Å². The fourth-order valence-electron chi connectivity index (χ4n) is 2.29. The summed E-state index contributed by atoms with van der Waals surface area (Å²) in [6.45, 7) is 5.48. The smallest absolute Gasteiger partial charge is 0.0961 e. The molecule has 21 heavy (non-hydrogen) atoms. The van der Waals surface area contributed by atoms with Gasteiger partial charge in [-0.15, -0.1) is 11.3 Å². The largest absolute Gasteiger partial charge is 0.325 e. The number of fused-ring (bicyclic) bond motifs is 1. The van der Waals surface area contributed by atoms with Gasteiger partial charge in [-0.2, -0.15) is 0 Å². The number of aryl methyl sites for hydroxylation is 2. The summed E-state index contributed by atoms with van der Waals surface area (Å²) in [7, 11) is 0. The van der Waals surface area contributed by atoms with Gasteiger partial charge in [0, 0.05) is 15.8 Å². The third-order valence-electron chi connectivity index (χ3n) is 3.55. The van der Waals surface area contributed by atoms with Crippen LogP contribution in [0.15, 0.2) is 29.9 Å². The monoisotopic (exact) mass is 295 g/mol. The highest BCUT2D eigenvalue weighted by Gasteiger charge is 2.06. The molecule has 3 rings (SSSR count). The van der Waals surface area contributed by atoms with Gasteiger partial charge < -0.3 is 10.3 Å². The number of rotatable bonds is 2. The molecule has 3 nitrogen and oxygen atoms in total. The van der Waals surface area contributed by atoms with Gasteiger partial charge in [-0.3, -0.25) is 0 Å². The van der Waals surface area contributed by atoms with Crippen LogP contribution in [0.1, 0.15) is 21.6 Å². The summed E-state index contributed by atoms with van der Waals surface area (Å²) in [5.41, 5.74) is 11.2. The van der Waals surface area contributed by atoms with Gasteiger partial charge in [-0.1, -0.05) is 11.8 Å². The first-order chi connectivity index (χ1) is 10.2. The van der Waals surface area contributed by atoms with Gasteiger partial charge in [0.1, 0.15) is 0 Å². The van der Waals surface area contributed by atoms with Crippen LogP contribution in [0.3, 0.4) is 0 Å². The lowest BCUT2D eigenvalue weighted by Crippen LogP contribution is -1.96. The molecule has 0 saturated carbocycles. The van der Waals surface area contributed by atoms with Crippen molar-refractivity contribution in [3.63, 3.8) is 0 Å². The van der Waals surface area contributed by atoms with Crippen molar-refractivity contribution in [2.75, 3.05) is 6.54 Å². The van der Waals surface area contributed by atoms with E-state index in [4.69, 9.17) is 5.73 Å². The van der Waals surface area contributed by atoms with Crippen LogP contribution in [0.4, 0.5) is 0 Å². The normalized spacial score (nSPS) is 10.6. The van der Waals surface area contributed by atoms with E-state index in [1.165, 1.54) is 21.5 Å². The average Bonchev–Trinajstić information content (AvgIpc) is 3.06. The zero-order valence-electron chi connectivity index (χ0n) is 12.2. The van der Waals surface area contributed by atoms with E-state index in [1.807, 2.05) is 6.33 Å². The van der Waals surface area contributed by atoms with E-state index < -0.39 is 0 Å². The second-order valence-corrected chi connectivity index (χ2v) is 6.10. The van der Waals surface area contributed by atoms with Gasteiger partial charge in [0.15, 0.2) is 0 Å². The minimum atomic E-state index is 0.399. The summed E-state index contributed by atoms with van der Waals surface area (Å²) in [6, 6.07) is 6.48. The molecule has 2 heterocycles. The van der Waals surface area contributed by atoms with Crippen molar-refractivity contribution < 1.29 is 0 Å². The van der Waals surface area contributed by atoms with E-state index in [-0.39, 0.29) is 0 Å². The summed E-state index contributed by atoms with van der Waals surface area (Å²) < 4.78 is 2.19. The quantitative estimate of drug-likeness (QED) is 0.738. The van der Waals surface area contributed by atoms with Crippen LogP contribution in [0.25, 0.3) is 11.0 Å². The molecule has 0 fully saturated rings. The molecule has 2 aromatic heterocycles. The molecule has 0 aliphatic rings. The number of aromatic nitrogens is 2. The van der Waals surface area contributed by atoms with Crippen molar-refractivity contribution >= 4 is 22.4 Å². The summed E-state index contributed by atoms with van der Waals surface area (Å²) in [5.74, 6) is 5.95. The summed E-state index contributed by atoms with van der Waals surface area (Å²) >= 11 is 1.72. The van der Waals surface area contributed by atoms with Crippen LogP contribution in [0, 0.1) is 25.7 Å². The third-order valence-corrected chi connectivity index (χ3v) is 4.47. The molecule has 0 radical (unpaired) electrons. The lowest BCUT2D eigenvalue weighted by molar-refractivity contribution is 0.838. The molecule has 0 amide bonds. The fraction of sp³-hybridized carbons (Fsp3) is 0.235. The van der Waals surface area contributed by atoms with Crippen LogP contribution in [-0.4, -0.2) is 16.1 Å². The Morgan fingerprint density at radius 3 is 2.86 bits per heavy atom. The molecule has 0 bridgehead atoms. The van der Waals surface area contributed by atoms with Crippen LogP contribution in [0.5, 0.6) is 0 Å². The molecule has 3 aromatic rings. The van der Waals surface area contributed by atoms with Gasteiger partial charge in [-0.25, -0.2) is 4.98 Å². The number of nitrogens with zero attached hydrogens (tertiary/aromatic N) is 2. The molecule has 2 N–H and O–H groups in total. The van der Waals surface area contributed by atoms with Crippen molar-refractivity contribution in [1.29, 1.82) is 0 Å². The Morgan fingerprint density at radius 2 is 2.05 bits per heavy atom. The zero-order chi connectivity index (χ0) is 14.8. The highest BCUT2D eigenvalue weighted by Crippen LogP contribution is 2.21. The Bertz CT molecular complexity index is 846. The highest BCUT2D eigenvalue weighted by atomic mass is 32.1. The van der Waals surface area contributed by atoms with Crippen molar-refractivity contribution in [1.82, 2.24) is 9.55 Å². The van der Waals surface area contributed by atoms with Gasteiger partial charge in [0.2, 0.25) is 0 Å². The number of imidazole rings is 1. The molecule has 0 unspecified atom stereocenters. The second kappa shape index (κ2) is 5.72. The Hall–Kier alpha value is -2.09. The van der Waals surface area contributed by atoms with Gasteiger partial charge in [-0.05, 0) is 43.2 Å². The van der Waals surface area contributed by atoms with Crippen molar-refractivity contribution in [3.05, 3.63) is 51.5 Å². The molecular formula is C17H17N3S. The van der Waals surface area contributed by atoms with Crippen molar-refractivity contribution in [2.45, 2.75) is 20.4 Å². The molecule has 106 valence electrons. The first kappa shape index (κ1) is 13.9. The van der Waals surface area contributed by atoms with Gasteiger partial charge >= 0.3 is 0 Å². The maximum atomic E-state index is 5.40. The predicted octanol–water partition coefficient (Wildman–Crippen LogP) is 3.07. The topological polar surface area (TPSA) is 43.8 Å². The van der Waals surface area contributed by atoms with Gasteiger partial charge in [0.05, 0.1) is 30.5 Å². The fourth-order valence-corrected chi connectivity index (χ4v) is 3.10. The molecule has 1 aromatic carbocycles. The summed E-state index contributed by atoms with van der Waals surface area (Å²) in [5, 5.41) is 2.08. The zero-order valence-corrected chi connectivity index (χ0v) is 13.0. The minimum absolute atomic E-state index is 0.399. The lowest BCUT2D eigenvalue weighted by atomic mass is 10.1. The Morgan fingerprint density at radius 1 is 1.24 bits per heavy atom. The number of nitrogens with two attached hydrogens (primary N) is 1. The van der Waals surface area contributed by atoms with E-state index in [1.54, 1.807) is 11.3 Å². The number of benzene rings is 1. The second-order valence-electron chi connectivity index (χ2n) is 5.11. The Kier molecular flexibility index (Phi) is 3.78. The molecule has 4 heteroatoms. The van der Waals surface area contributed by atoms with Crippen LogP contribution < -0.4 is 5.73 Å². The van der Waals surface area contributed by atoms with E-state index in [0.29, 0.717) is 6.54 Å². The molecule has 0 atom stereocenters. The number of thiophene rings is 1. The number of hydrogen-bond acceptors (Lipinski definition) is 3. The highest BCUT2D eigenvalue weighted by molar-refractivity contribution is 7.10. The molecule has 0 aliphatic heterocycles. The Labute approximate surface area is 128 Å². The average molecular weight is 295 g/mol. The predicted molar refractivity (Wildman–Crippen MR) is 88.6 cm³/mol. The molecule has 0 aliphatic carbocycles. The summed E-state index contributed by atoms with van der Waals surface area (Å²) in [4.78, 5) is 5.77. The lowest BCUT2D eigenvalue weighted by Gasteiger charge is -2.04. The molecule has 0 spiro atoms. The maximum absolute atomic E-state index is 5.40. The van der Waals surface area contributed by atoms with Crippen molar-refractivity contribution in [2.24, 2.45) is 5.73 Å². The Balaban J connectivity index is 1.91. The SMILES string of the molecule is Cc1cc2ncn(Cc3cc(C#CCN)cs3)c2cc1C. The van der Waals surface area contributed by atoms with Gasteiger partial charge in [0.25, 0.3) is 0 Å². The standard InChI is InChI=1S/C17H17N3S/c1-12-6-16-17(7-13(12)2)20(11-19-16)9-15-8-14(10-21-15)4-3-5-18/h6-8,10-11H,5,9,18H2,1-2H3. The summed E-state index contributed by atoms with van der Waals surface area (Å²) in [6.07, 6.45) is 1.91. The minimum Gasteiger partial charge on any atom is -0.325 e. The van der Waals surface area contributed by atoms with Crippen LogP contribution in [0.2, 0.25) is 0 Å². The van der Waals surface area contributed by atoms with E-state index >= 15 is 0 Å². The number of hydrogen-bond donors (Lipinski definition) is 1. The first-order valence-electron chi connectivity index (χ1n) is 6.86. The molecule has 0 saturated heterocycles. The third kappa shape index (κ3) is 2.85. The van der Waals surface area contributed by atoms with Crippen LogP contribution >= 0.6 is 11.3 Å². The van der Waals surface area contributed by atoms with Crippen molar-refractivity contribution in [3.8, 4) is 11.8 Å². The van der Waals surface area contributed by atoms with E-state index in [0.717, 1.165) is 17.6 Å². The first-order valence-corrected chi connectivity index (χ1v) is 7.74. The van der Waals surface area contributed by atoms with E-state index in [2.05, 4.69) is 58.8 Å².